The van der Waals surface area contributed by atoms with Gasteiger partial charge in [0.25, 0.3) is 0 Å². The average Bonchev–Trinajstić information content (AvgIpc) is 2.83. The normalized spacial score (nSPS) is 22.2. The van der Waals surface area contributed by atoms with Crippen molar-refractivity contribution in [3.63, 3.8) is 0 Å². The molecule has 2 aromatic rings. The van der Waals surface area contributed by atoms with Gasteiger partial charge in [0, 0.05) is 6.54 Å². The lowest BCUT2D eigenvalue weighted by Crippen LogP contribution is -2.36. The Morgan fingerprint density at radius 1 is 0.919 bits per heavy atom. The van der Waals surface area contributed by atoms with Gasteiger partial charge in [-0.3, -0.25) is 9.69 Å². The molecule has 2 fully saturated rings. The Balaban J connectivity index is 1.52. The first-order valence-corrected chi connectivity index (χ1v) is 12.7. The highest BCUT2D eigenvalue weighted by Gasteiger charge is 2.43. The Morgan fingerprint density at radius 2 is 1.59 bits per heavy atom. The van der Waals surface area contributed by atoms with Crippen molar-refractivity contribution in [1.82, 2.24) is 4.90 Å². The second-order valence-corrected chi connectivity index (χ2v) is 9.88. The molecule has 2 aromatic carbocycles. The third kappa shape index (κ3) is 6.51. The Morgan fingerprint density at radius 3 is 2.19 bits per heavy atom. The molecule has 10 heteroatoms. The Bertz CT molecular complexity index is 1080. The fourth-order valence-electron chi connectivity index (χ4n) is 5.45. The van der Waals surface area contributed by atoms with E-state index in [1.54, 1.807) is 25.1 Å². The quantitative estimate of drug-likeness (QED) is 0.294. The zero-order valence-electron chi connectivity index (χ0n) is 20.6. The molecule has 4 nitrogen and oxygen atoms in total. The van der Waals surface area contributed by atoms with Crippen LogP contribution >= 0.6 is 0 Å². The topological polar surface area (TPSA) is 38.8 Å². The Kier molecular flexibility index (Phi) is 8.26. The third-order valence-corrected chi connectivity index (χ3v) is 7.43. The van der Waals surface area contributed by atoms with Crippen LogP contribution in [0.25, 0.3) is 10.8 Å². The lowest BCUT2D eigenvalue weighted by molar-refractivity contribution is -0.185. The van der Waals surface area contributed by atoms with Crippen LogP contribution in [-0.4, -0.2) is 42.8 Å². The summed E-state index contributed by atoms with van der Waals surface area (Å²) in [4.78, 5) is 14.1. The van der Waals surface area contributed by atoms with E-state index in [2.05, 4.69) is 4.90 Å². The van der Waals surface area contributed by atoms with Gasteiger partial charge in [0.2, 0.25) is 0 Å². The number of carbonyl (C=O) groups excluding carboxylic acids is 1. The van der Waals surface area contributed by atoms with E-state index < -0.39 is 29.9 Å². The molecule has 0 N–H and O–H groups in total. The molecule has 2 aliphatic rings. The van der Waals surface area contributed by atoms with Gasteiger partial charge in [-0.05, 0) is 80.9 Å². The van der Waals surface area contributed by atoms with Crippen molar-refractivity contribution < 1.29 is 40.6 Å². The van der Waals surface area contributed by atoms with E-state index in [9.17, 15) is 31.1 Å². The van der Waals surface area contributed by atoms with E-state index in [0.717, 1.165) is 5.56 Å². The molecule has 1 saturated carbocycles. The first kappa shape index (κ1) is 27.5. The number of esters is 1. The van der Waals surface area contributed by atoms with E-state index in [1.165, 1.54) is 12.1 Å². The summed E-state index contributed by atoms with van der Waals surface area (Å²) < 4.78 is 92.4. The predicted molar refractivity (Wildman–Crippen MR) is 126 cm³/mol. The van der Waals surface area contributed by atoms with Gasteiger partial charge in [0.1, 0.15) is 11.3 Å². The minimum absolute atomic E-state index is 0.00730. The van der Waals surface area contributed by atoms with Crippen LogP contribution in [-0.2, 0) is 22.3 Å². The molecule has 1 saturated heterocycles. The summed E-state index contributed by atoms with van der Waals surface area (Å²) in [5.74, 6) is -2.15. The number of nitrogens with zero attached hydrogens (tertiary/aromatic N) is 1. The molecule has 0 unspecified atom stereocenters. The number of carbonyl (C=O) groups is 1. The number of benzene rings is 2. The first-order chi connectivity index (χ1) is 17.5. The van der Waals surface area contributed by atoms with Gasteiger partial charge in [-0.25, -0.2) is 0 Å². The molecule has 204 valence electrons. The number of halogens is 6. The largest absolute Gasteiger partial charge is 0.490 e. The highest BCUT2D eigenvalue weighted by Crippen LogP contribution is 2.44. The van der Waals surface area contributed by atoms with E-state index in [0.29, 0.717) is 44.5 Å². The second-order valence-electron chi connectivity index (χ2n) is 9.88. The van der Waals surface area contributed by atoms with Gasteiger partial charge >= 0.3 is 18.3 Å². The SMILES string of the molecule is CCOC(=O)C1CCN(Cc2cccc3c(C(F)(F)F)c(O[C@H]4CC[C@@H](C(F)(F)F)CC4)ccc23)CC1. The van der Waals surface area contributed by atoms with Crippen molar-refractivity contribution in [2.75, 3.05) is 19.7 Å². The van der Waals surface area contributed by atoms with Gasteiger partial charge in [-0.15, -0.1) is 0 Å². The maximum absolute atomic E-state index is 14.2. The van der Waals surface area contributed by atoms with Crippen LogP contribution in [0.2, 0.25) is 0 Å². The van der Waals surface area contributed by atoms with Gasteiger partial charge in [-0.2, -0.15) is 26.3 Å². The van der Waals surface area contributed by atoms with Crippen LogP contribution in [0.15, 0.2) is 30.3 Å². The van der Waals surface area contributed by atoms with Crippen molar-refractivity contribution in [3.05, 3.63) is 41.5 Å². The average molecular weight is 532 g/mol. The Hall–Kier alpha value is -2.49. The molecule has 0 amide bonds. The van der Waals surface area contributed by atoms with Crippen molar-refractivity contribution in [1.29, 1.82) is 0 Å². The smallest absolute Gasteiger partial charge is 0.420 e. The molecule has 1 aliphatic heterocycles. The summed E-state index contributed by atoms with van der Waals surface area (Å²) in [6, 6.07) is 7.66. The van der Waals surface area contributed by atoms with Crippen LogP contribution < -0.4 is 4.74 Å². The molecular formula is C27H31F6NO3. The highest BCUT2D eigenvalue weighted by molar-refractivity contribution is 5.91. The number of alkyl halides is 6. The molecular weight excluding hydrogens is 500 g/mol. The van der Waals surface area contributed by atoms with Crippen molar-refractivity contribution in [2.24, 2.45) is 11.8 Å². The third-order valence-electron chi connectivity index (χ3n) is 7.43. The molecule has 37 heavy (non-hydrogen) atoms. The number of hydrogen-bond donors (Lipinski definition) is 0. The van der Waals surface area contributed by atoms with Crippen LogP contribution in [0.1, 0.15) is 56.6 Å². The summed E-state index contributed by atoms with van der Waals surface area (Å²) >= 11 is 0. The summed E-state index contributed by atoms with van der Waals surface area (Å²) in [6.45, 7) is 3.79. The fraction of sp³-hybridized carbons (Fsp3) is 0.593. The number of piperidine rings is 1. The van der Waals surface area contributed by atoms with Gasteiger partial charge in [0.05, 0.1) is 24.5 Å². The summed E-state index contributed by atoms with van der Waals surface area (Å²) in [7, 11) is 0. The van der Waals surface area contributed by atoms with Crippen LogP contribution in [0.5, 0.6) is 5.75 Å². The monoisotopic (exact) mass is 531 g/mol. The van der Waals surface area contributed by atoms with Crippen LogP contribution in [0.4, 0.5) is 26.3 Å². The van der Waals surface area contributed by atoms with E-state index in [-0.39, 0.29) is 48.7 Å². The standard InChI is InChI=1S/C27H31F6NO3/c1-2-36-25(35)17-12-14-34(15-13-17)16-18-4-3-5-22-21(18)10-11-23(24(22)27(31,32)33)37-20-8-6-19(7-9-20)26(28,29)30/h3-5,10-11,17,19-20H,2,6-9,12-16H2,1H3/t19-,20+. The maximum Gasteiger partial charge on any atom is 0.420 e. The summed E-state index contributed by atoms with van der Waals surface area (Å²) in [5, 5.41) is 0.461. The molecule has 1 aliphatic carbocycles. The molecule has 4 rings (SSSR count). The van der Waals surface area contributed by atoms with Crippen molar-refractivity contribution in [3.8, 4) is 5.75 Å². The summed E-state index contributed by atoms with van der Waals surface area (Å²) in [5.41, 5.74) is -0.166. The van der Waals surface area contributed by atoms with Crippen molar-refractivity contribution in [2.45, 2.75) is 70.4 Å². The van der Waals surface area contributed by atoms with Crippen molar-refractivity contribution >= 4 is 16.7 Å². The number of ether oxygens (including phenoxy) is 2. The van der Waals surface area contributed by atoms with E-state index in [4.69, 9.17) is 9.47 Å². The molecule has 0 spiro atoms. The number of rotatable bonds is 6. The lowest BCUT2D eigenvalue weighted by atomic mass is 9.87. The molecule has 0 atom stereocenters. The molecule has 0 bridgehead atoms. The fourth-order valence-corrected chi connectivity index (χ4v) is 5.45. The predicted octanol–water partition coefficient (Wildman–Crippen LogP) is 7.13. The first-order valence-electron chi connectivity index (χ1n) is 12.7. The zero-order valence-corrected chi connectivity index (χ0v) is 20.6. The zero-order chi connectivity index (χ0) is 26.8. The van der Waals surface area contributed by atoms with E-state index in [1.807, 2.05) is 0 Å². The van der Waals surface area contributed by atoms with E-state index >= 15 is 0 Å². The van der Waals surface area contributed by atoms with Gasteiger partial charge in [0.15, 0.2) is 0 Å². The number of fused-ring (bicyclic) bond motifs is 1. The molecule has 1 heterocycles. The summed E-state index contributed by atoms with van der Waals surface area (Å²) in [6.07, 6.45) is -8.62. The van der Waals surface area contributed by atoms with Gasteiger partial charge < -0.3 is 9.47 Å². The second kappa shape index (κ2) is 11.1. The Labute approximate surface area is 211 Å². The maximum atomic E-state index is 14.2. The minimum Gasteiger partial charge on any atom is -0.490 e. The highest BCUT2D eigenvalue weighted by atomic mass is 19.4. The lowest BCUT2D eigenvalue weighted by Gasteiger charge is -2.32. The molecule has 0 aromatic heterocycles. The van der Waals surface area contributed by atoms with Crippen LogP contribution in [0, 0.1) is 11.8 Å². The van der Waals surface area contributed by atoms with Crippen LogP contribution in [0.3, 0.4) is 0 Å². The molecule has 0 radical (unpaired) electrons. The van der Waals surface area contributed by atoms with Gasteiger partial charge in [-0.1, -0.05) is 24.3 Å². The number of likely N-dealkylation sites (tertiary alicyclic amines) is 1. The minimum atomic E-state index is -4.70. The number of hydrogen-bond acceptors (Lipinski definition) is 4.